The molecule has 438 valence electrons. The van der Waals surface area contributed by atoms with Crippen molar-refractivity contribution in [2.24, 2.45) is 0 Å². The summed E-state index contributed by atoms with van der Waals surface area (Å²) in [5.41, 5.74) is 3.29. The number of benzene rings is 4. The van der Waals surface area contributed by atoms with Crippen molar-refractivity contribution < 1.29 is 165 Å². The van der Waals surface area contributed by atoms with Crippen LogP contribution in [-0.2, 0) is 48.8 Å². The van der Waals surface area contributed by atoms with Crippen molar-refractivity contribution in [3.8, 4) is 42.0 Å². The van der Waals surface area contributed by atoms with E-state index in [1.165, 1.54) is 28.7 Å². The van der Waals surface area contributed by atoms with Crippen LogP contribution in [0.5, 0.6) is 0 Å². The molecule has 0 unspecified atom stereocenters. The van der Waals surface area contributed by atoms with E-state index in [9.17, 15) is 36.0 Å². The van der Waals surface area contributed by atoms with Gasteiger partial charge in [0.15, 0.2) is 0 Å². The van der Waals surface area contributed by atoms with Gasteiger partial charge in [-0.2, -0.15) is 0 Å². The van der Waals surface area contributed by atoms with Gasteiger partial charge in [0, 0.05) is 93.7 Å². The minimum atomic E-state index is -3.95. The summed E-state index contributed by atoms with van der Waals surface area (Å²) in [4.78, 5) is 71.6. The van der Waals surface area contributed by atoms with E-state index in [4.69, 9.17) is 31.1 Å². The first kappa shape index (κ1) is 73.7. The van der Waals surface area contributed by atoms with E-state index in [1.54, 1.807) is 141 Å². The second-order valence-electron chi connectivity index (χ2n) is 20.7. The molecule has 0 radical (unpaired) electrons. The molecular weight excluding hydrogens is 1220 g/mol. The number of aromatic nitrogens is 2. The third-order valence-electron chi connectivity index (χ3n) is 10.6. The maximum atomic E-state index is 13.5. The first-order valence-corrected chi connectivity index (χ1v) is 30.5. The number of thiazole rings is 2. The summed E-state index contributed by atoms with van der Waals surface area (Å²) in [6, 6.07) is 24.1. The van der Waals surface area contributed by atoms with Crippen LogP contribution in [0, 0.1) is 0 Å². The van der Waals surface area contributed by atoms with Crippen LogP contribution in [0.4, 0.5) is 32.3 Å². The van der Waals surface area contributed by atoms with Crippen molar-refractivity contribution in [2.45, 2.75) is 128 Å². The van der Waals surface area contributed by atoms with E-state index in [2.05, 4.69) is 40.3 Å². The maximum Gasteiger partial charge on any atom is 1.00 e. The van der Waals surface area contributed by atoms with Crippen LogP contribution in [0.1, 0.15) is 96.3 Å². The summed E-state index contributed by atoms with van der Waals surface area (Å²) >= 11 is 8.37. The number of hydrogen-bond acceptors (Lipinski definition) is 17. The Morgan fingerprint density at radius 3 is 1.51 bits per heavy atom. The predicted molar refractivity (Wildman–Crippen MR) is 315 cm³/mol. The van der Waals surface area contributed by atoms with E-state index in [1.807, 2.05) is 24.3 Å². The number of carbonyl (C=O) groups excluding carboxylic acids is 5. The molecule has 1 saturated heterocycles. The van der Waals surface area contributed by atoms with Gasteiger partial charge in [0.2, 0.25) is 31.9 Å². The molecule has 0 saturated carbocycles. The Morgan fingerprint density at radius 2 is 1.12 bits per heavy atom. The molecule has 2 aromatic heterocycles. The third kappa shape index (κ3) is 23.6. The molecule has 6 aromatic rings. The largest absolute Gasteiger partial charge is 1.00 e. The zero-order valence-electron chi connectivity index (χ0n) is 49.4. The smallest absolute Gasteiger partial charge is 1.00 e. The Bertz CT molecular complexity index is 3400. The fourth-order valence-corrected chi connectivity index (χ4v) is 13.1. The standard InChI is InChI=1S/C27H33ClN4O5S2.C27H32N4O5S2.CH2O3.2K.H/c1-17(2)37-26(34)31-19-10-8-18(9-11-19)25-29-16-22(38-25)21-13-12-20(30-24(33)7-6-14-28)15-23(21)39(35,36)32-27(3,4)5;1-17(2)36-26(33)29-19-10-8-18(9-11-19)25-28-16-22(37-25)21-13-12-20(31-14-6-7-24(31)32)15-23(21)38(34,35)30-27(3,4)5;2-1-4-3;;;/h8-13,15-17,32H,6-7,14H2,1-5H3,(H,30,33)(H,31,34);8-13,15-17,30H,6-7,14H2,1-5H3,(H,29,33);1,3H;;;/q;;;2*+1;-1/p-1. The number of carbonyl (C=O) groups is 5. The molecule has 3 heterocycles. The van der Waals surface area contributed by atoms with Gasteiger partial charge < -0.3 is 31.3 Å². The zero-order chi connectivity index (χ0) is 59.9. The summed E-state index contributed by atoms with van der Waals surface area (Å²) in [6.45, 7) is 18.1. The van der Waals surface area contributed by atoms with Crippen LogP contribution < -0.4 is 138 Å². The second kappa shape index (κ2) is 33.5. The third-order valence-corrected chi connectivity index (χ3v) is 16.7. The summed E-state index contributed by atoms with van der Waals surface area (Å²) in [5, 5.41) is 17.9. The predicted octanol–water partition coefficient (Wildman–Crippen LogP) is 4.66. The van der Waals surface area contributed by atoms with Crippen LogP contribution >= 0.6 is 34.3 Å². The normalized spacial score (nSPS) is 12.4. The van der Waals surface area contributed by atoms with Gasteiger partial charge in [-0.25, -0.2) is 45.8 Å². The van der Waals surface area contributed by atoms with E-state index in [0.29, 0.717) is 78.9 Å². The van der Waals surface area contributed by atoms with Crippen LogP contribution in [-0.4, -0.2) is 93.0 Å². The maximum absolute atomic E-state index is 13.5. The first-order valence-electron chi connectivity index (χ1n) is 25.3. The Labute approximate surface area is 584 Å². The monoisotopic (exact) mass is 1290 g/mol. The van der Waals surface area contributed by atoms with E-state index in [0.717, 1.165) is 17.5 Å². The Morgan fingerprint density at radius 1 is 0.699 bits per heavy atom. The van der Waals surface area contributed by atoms with Gasteiger partial charge in [-0.05, 0) is 155 Å². The van der Waals surface area contributed by atoms with Gasteiger partial charge in [-0.1, -0.05) is 12.1 Å². The average Bonchev–Trinajstić information content (AvgIpc) is 4.00. The average molecular weight is 1290 g/mol. The van der Waals surface area contributed by atoms with E-state index >= 15 is 0 Å². The summed E-state index contributed by atoms with van der Waals surface area (Å²) < 4.78 is 69.4. The van der Waals surface area contributed by atoms with Crippen molar-refractivity contribution in [1.82, 2.24) is 19.4 Å². The molecular formula is C55H67ClK2N8O13S4. The number of ether oxygens (including phenoxy) is 2. The molecule has 1 aliphatic rings. The molecule has 0 bridgehead atoms. The topological polar surface area (TPSA) is 294 Å². The van der Waals surface area contributed by atoms with Gasteiger partial charge in [0.05, 0.1) is 31.8 Å². The number of nitrogens with zero attached hydrogens (tertiary/aromatic N) is 3. The molecule has 7 rings (SSSR count). The Hall–Kier alpha value is -3.57. The van der Waals surface area contributed by atoms with Crippen molar-refractivity contribution in [2.75, 3.05) is 33.3 Å². The number of nitrogens with one attached hydrogen (secondary N) is 5. The van der Waals surface area contributed by atoms with E-state index in [-0.39, 0.29) is 151 Å². The second-order valence-corrected chi connectivity index (χ2v) is 26.4. The van der Waals surface area contributed by atoms with Gasteiger partial charge in [0.1, 0.15) is 10.0 Å². The summed E-state index contributed by atoms with van der Waals surface area (Å²) in [5.74, 6) is 0.102. The fraction of sp³-hybridized carbons (Fsp3) is 0.364. The van der Waals surface area contributed by atoms with E-state index < -0.39 is 43.3 Å². The van der Waals surface area contributed by atoms with Crippen molar-refractivity contribution >= 4 is 108 Å². The molecule has 4 aromatic carbocycles. The Kier molecular flexibility index (Phi) is 29.8. The number of anilines is 4. The Balaban J connectivity index is 0.000000521. The molecule has 4 amide bonds. The molecule has 21 nitrogen and oxygen atoms in total. The van der Waals surface area contributed by atoms with Crippen molar-refractivity contribution in [3.05, 3.63) is 97.3 Å². The molecule has 1 aliphatic heterocycles. The molecule has 5 N–H and O–H groups in total. The first-order chi connectivity index (χ1) is 38.0. The number of rotatable bonds is 18. The zero-order valence-corrected chi connectivity index (χ0v) is 58.6. The minimum Gasteiger partial charge on any atom is -1.00 e. The number of alkyl halides is 1. The summed E-state index contributed by atoms with van der Waals surface area (Å²) in [6.07, 6.45) is 3.71. The quantitative estimate of drug-likeness (QED) is 0.0257. The summed E-state index contributed by atoms with van der Waals surface area (Å²) in [7, 11) is -7.86. The van der Waals surface area contributed by atoms with Gasteiger partial charge >= 0.3 is 115 Å². The molecule has 0 spiro atoms. The number of sulfonamides is 2. The van der Waals surface area contributed by atoms with Crippen LogP contribution in [0.3, 0.4) is 0 Å². The molecule has 83 heavy (non-hydrogen) atoms. The number of halogens is 1. The van der Waals surface area contributed by atoms with Gasteiger partial charge in [-0.15, -0.1) is 34.3 Å². The minimum absolute atomic E-state index is 0. The van der Waals surface area contributed by atoms with Crippen LogP contribution in [0.15, 0.2) is 107 Å². The molecule has 1 fully saturated rings. The van der Waals surface area contributed by atoms with Gasteiger partial charge in [0.25, 0.3) is 6.47 Å². The molecule has 0 aliphatic carbocycles. The van der Waals surface area contributed by atoms with Crippen LogP contribution in [0.2, 0.25) is 0 Å². The van der Waals surface area contributed by atoms with Gasteiger partial charge in [-0.3, -0.25) is 25.0 Å². The van der Waals surface area contributed by atoms with Crippen molar-refractivity contribution in [3.63, 3.8) is 0 Å². The molecule has 0 atom stereocenters. The van der Waals surface area contributed by atoms with Crippen molar-refractivity contribution in [1.29, 1.82) is 0 Å². The number of hydrogen-bond donors (Lipinski definition) is 5. The van der Waals surface area contributed by atoms with Crippen LogP contribution in [0.25, 0.3) is 42.0 Å². The fourth-order valence-electron chi connectivity index (χ4n) is 7.60. The molecule has 28 heteroatoms. The SMILES string of the molecule is CC(C)OC(=O)Nc1ccc(-c2ncc(-c3ccc(N4CCCC4=O)cc3S(=O)(=O)NC(C)(C)C)s2)cc1.CC(C)OC(=O)Nc1ccc(-c2ncc(-c3ccc(NC(=O)CCCCl)cc3S(=O)(=O)NC(C)(C)C)s2)cc1.O=CO[O-].[H-].[K+].[K+]. The number of amides is 4.